The van der Waals surface area contributed by atoms with E-state index in [2.05, 4.69) is 26.0 Å². The lowest BCUT2D eigenvalue weighted by atomic mass is 9.97. The minimum atomic E-state index is -0.296. The lowest BCUT2D eigenvalue weighted by Crippen LogP contribution is -2.59. The molecule has 0 spiro atoms. The Morgan fingerprint density at radius 3 is 2.48 bits per heavy atom. The van der Waals surface area contributed by atoms with Crippen molar-refractivity contribution in [2.24, 2.45) is 0 Å². The number of rotatable bonds is 6. The summed E-state index contributed by atoms with van der Waals surface area (Å²) in [5, 5.41) is 0. The molecule has 0 aliphatic carbocycles. The number of amides is 1. The Labute approximate surface area is 162 Å². The fourth-order valence-corrected chi connectivity index (χ4v) is 3.48. The molecule has 1 amide bonds. The van der Waals surface area contributed by atoms with Gasteiger partial charge in [-0.25, -0.2) is 0 Å². The first-order chi connectivity index (χ1) is 13.0. The summed E-state index contributed by atoms with van der Waals surface area (Å²) in [6, 6.07) is 18.1. The van der Waals surface area contributed by atoms with Gasteiger partial charge in [-0.15, -0.1) is 0 Å². The van der Waals surface area contributed by atoms with E-state index in [1.165, 1.54) is 5.56 Å². The predicted octanol–water partition coefficient (Wildman–Crippen LogP) is 3.88. The van der Waals surface area contributed by atoms with E-state index in [0.29, 0.717) is 26.2 Å². The Bertz CT molecular complexity index is 740. The second kappa shape index (κ2) is 8.57. The minimum absolute atomic E-state index is 0.0321. The van der Waals surface area contributed by atoms with Gasteiger partial charge in [0, 0.05) is 13.0 Å². The maximum Gasteiger partial charge on any atom is 0.227 e. The van der Waals surface area contributed by atoms with Crippen molar-refractivity contribution >= 4 is 5.91 Å². The van der Waals surface area contributed by atoms with Crippen molar-refractivity contribution in [1.29, 1.82) is 0 Å². The van der Waals surface area contributed by atoms with Gasteiger partial charge in [0.2, 0.25) is 5.91 Å². The molecule has 1 aliphatic rings. The van der Waals surface area contributed by atoms with E-state index in [1.807, 2.05) is 54.3 Å². The molecule has 1 aliphatic heterocycles. The Kier molecular flexibility index (Phi) is 6.17. The van der Waals surface area contributed by atoms with Gasteiger partial charge in [-0.05, 0) is 44.0 Å². The Morgan fingerprint density at radius 2 is 1.81 bits per heavy atom. The van der Waals surface area contributed by atoms with Crippen LogP contribution in [0.4, 0.5) is 0 Å². The molecule has 144 valence electrons. The zero-order valence-corrected chi connectivity index (χ0v) is 16.5. The fourth-order valence-electron chi connectivity index (χ4n) is 3.48. The number of ether oxygens (including phenoxy) is 2. The van der Waals surface area contributed by atoms with Crippen molar-refractivity contribution in [1.82, 2.24) is 4.90 Å². The third kappa shape index (κ3) is 5.10. The van der Waals surface area contributed by atoms with Gasteiger partial charge in [0.1, 0.15) is 5.75 Å². The van der Waals surface area contributed by atoms with Crippen molar-refractivity contribution in [3.8, 4) is 5.75 Å². The molecule has 1 fully saturated rings. The fraction of sp³-hybridized carbons (Fsp3) is 0.435. The van der Waals surface area contributed by atoms with Crippen LogP contribution in [0.1, 0.15) is 31.9 Å². The molecule has 1 saturated heterocycles. The summed E-state index contributed by atoms with van der Waals surface area (Å²) >= 11 is 0. The van der Waals surface area contributed by atoms with Crippen LogP contribution in [0.5, 0.6) is 5.75 Å². The second-order valence-electron chi connectivity index (χ2n) is 7.69. The van der Waals surface area contributed by atoms with Gasteiger partial charge in [0.05, 0.1) is 31.3 Å². The lowest BCUT2D eigenvalue weighted by molar-refractivity contribution is -0.153. The summed E-state index contributed by atoms with van der Waals surface area (Å²) in [5.74, 6) is 0.980. The number of nitrogens with zero attached hydrogens (tertiary/aromatic N) is 1. The van der Waals surface area contributed by atoms with Crippen LogP contribution < -0.4 is 4.74 Å². The summed E-state index contributed by atoms with van der Waals surface area (Å²) < 4.78 is 11.5. The summed E-state index contributed by atoms with van der Waals surface area (Å²) in [5.41, 5.74) is 1.95. The van der Waals surface area contributed by atoms with E-state index in [1.54, 1.807) is 0 Å². The van der Waals surface area contributed by atoms with Crippen LogP contribution in [0, 0.1) is 0 Å². The quantitative estimate of drug-likeness (QED) is 0.778. The molecule has 0 aromatic heterocycles. The number of carbonyl (C=O) groups excluding carboxylic acids is 1. The topological polar surface area (TPSA) is 38.8 Å². The van der Waals surface area contributed by atoms with Gasteiger partial charge < -0.3 is 14.4 Å². The molecule has 0 N–H and O–H groups in total. The van der Waals surface area contributed by atoms with Gasteiger partial charge in [0.25, 0.3) is 0 Å². The summed E-state index contributed by atoms with van der Waals surface area (Å²) in [4.78, 5) is 15.0. The number of morpholine rings is 1. The molecule has 0 radical (unpaired) electrons. The van der Waals surface area contributed by atoms with E-state index in [9.17, 15) is 4.79 Å². The van der Waals surface area contributed by atoms with Gasteiger partial charge in [-0.2, -0.15) is 0 Å². The number of carbonyl (C=O) groups is 1. The standard InChI is InChI=1S/C23H29NO3/c1-4-26-20-12-10-19(11-13-20)15-22(25)24-16-21(27-17-23(24,2)3)14-18-8-6-5-7-9-18/h5-13,21H,4,14-17H2,1-3H3. The van der Waals surface area contributed by atoms with Crippen LogP contribution in [-0.2, 0) is 22.4 Å². The molecule has 1 atom stereocenters. The molecule has 4 nitrogen and oxygen atoms in total. The number of benzene rings is 2. The highest BCUT2D eigenvalue weighted by Gasteiger charge is 2.37. The monoisotopic (exact) mass is 367 g/mol. The van der Waals surface area contributed by atoms with Crippen molar-refractivity contribution in [3.05, 3.63) is 65.7 Å². The van der Waals surface area contributed by atoms with Crippen LogP contribution in [0.2, 0.25) is 0 Å². The van der Waals surface area contributed by atoms with Crippen LogP contribution >= 0.6 is 0 Å². The highest BCUT2D eigenvalue weighted by Crippen LogP contribution is 2.25. The SMILES string of the molecule is CCOc1ccc(CC(=O)N2CC(Cc3ccccc3)OCC2(C)C)cc1. The third-order valence-corrected chi connectivity index (χ3v) is 4.99. The summed E-state index contributed by atoms with van der Waals surface area (Å²) in [6.07, 6.45) is 1.25. The first-order valence-corrected chi connectivity index (χ1v) is 9.65. The summed E-state index contributed by atoms with van der Waals surface area (Å²) in [7, 11) is 0. The smallest absolute Gasteiger partial charge is 0.227 e. The van der Waals surface area contributed by atoms with Crippen LogP contribution in [0.15, 0.2) is 54.6 Å². The molecule has 1 heterocycles. The zero-order chi connectivity index (χ0) is 19.3. The zero-order valence-electron chi connectivity index (χ0n) is 16.5. The van der Waals surface area contributed by atoms with Crippen molar-refractivity contribution < 1.29 is 14.3 Å². The third-order valence-electron chi connectivity index (χ3n) is 4.99. The molecule has 4 heteroatoms. The molecular weight excluding hydrogens is 338 g/mol. The Hall–Kier alpha value is -2.33. The number of hydrogen-bond donors (Lipinski definition) is 0. The first kappa shape index (κ1) is 19.4. The van der Waals surface area contributed by atoms with Gasteiger partial charge in [-0.3, -0.25) is 4.79 Å². The van der Waals surface area contributed by atoms with Gasteiger partial charge in [-0.1, -0.05) is 42.5 Å². The second-order valence-corrected chi connectivity index (χ2v) is 7.69. The van der Waals surface area contributed by atoms with E-state index in [-0.39, 0.29) is 17.6 Å². The molecule has 0 bridgehead atoms. The predicted molar refractivity (Wildman–Crippen MR) is 107 cm³/mol. The van der Waals surface area contributed by atoms with Crippen LogP contribution in [0.3, 0.4) is 0 Å². The highest BCUT2D eigenvalue weighted by molar-refractivity contribution is 5.79. The van der Waals surface area contributed by atoms with Gasteiger partial charge >= 0.3 is 0 Å². The normalized spacial score (nSPS) is 18.9. The lowest BCUT2D eigenvalue weighted by Gasteiger charge is -2.45. The average molecular weight is 367 g/mol. The van der Waals surface area contributed by atoms with E-state index >= 15 is 0 Å². The maximum absolute atomic E-state index is 13.0. The summed E-state index contributed by atoms with van der Waals surface area (Å²) in [6.45, 7) is 7.92. The highest BCUT2D eigenvalue weighted by atomic mass is 16.5. The van der Waals surface area contributed by atoms with Gasteiger partial charge in [0.15, 0.2) is 0 Å². The molecule has 27 heavy (non-hydrogen) atoms. The van der Waals surface area contributed by atoms with Crippen molar-refractivity contribution in [2.75, 3.05) is 19.8 Å². The molecule has 0 saturated carbocycles. The maximum atomic E-state index is 13.0. The van der Waals surface area contributed by atoms with Crippen molar-refractivity contribution in [3.63, 3.8) is 0 Å². The average Bonchev–Trinajstić information content (AvgIpc) is 2.66. The first-order valence-electron chi connectivity index (χ1n) is 9.65. The molecule has 2 aromatic rings. The van der Waals surface area contributed by atoms with Crippen LogP contribution in [-0.4, -0.2) is 42.2 Å². The largest absolute Gasteiger partial charge is 0.494 e. The van der Waals surface area contributed by atoms with E-state index in [0.717, 1.165) is 17.7 Å². The Morgan fingerprint density at radius 1 is 1.11 bits per heavy atom. The van der Waals surface area contributed by atoms with Crippen molar-refractivity contribution in [2.45, 2.75) is 45.3 Å². The van der Waals surface area contributed by atoms with E-state index in [4.69, 9.17) is 9.47 Å². The molecule has 1 unspecified atom stereocenters. The molecule has 3 rings (SSSR count). The minimum Gasteiger partial charge on any atom is -0.494 e. The molecule has 2 aromatic carbocycles. The number of hydrogen-bond acceptors (Lipinski definition) is 3. The van der Waals surface area contributed by atoms with Crippen LogP contribution in [0.25, 0.3) is 0 Å². The van der Waals surface area contributed by atoms with E-state index < -0.39 is 0 Å². The molecular formula is C23H29NO3. The Balaban J connectivity index is 1.65.